The van der Waals surface area contributed by atoms with Crippen molar-refractivity contribution in [3.8, 4) is 0 Å². The summed E-state index contributed by atoms with van der Waals surface area (Å²) in [5.41, 5.74) is 2.65. The standard InChI is InChI=1S/C18H22F2N4O/c1-12-18(23-15-5-3-2-4-14(15)22-12)24-8-6-13(7-9-24)10-17(25)21-11-16(19)20/h2-5,13,16H,6-11H2,1H3,(H,21,25). The van der Waals surface area contributed by atoms with Gasteiger partial charge in [-0.25, -0.2) is 18.7 Å². The molecule has 1 aromatic carbocycles. The van der Waals surface area contributed by atoms with Crippen LogP contribution in [0.25, 0.3) is 11.0 Å². The van der Waals surface area contributed by atoms with E-state index in [-0.39, 0.29) is 11.8 Å². The maximum atomic E-state index is 12.1. The highest BCUT2D eigenvalue weighted by Crippen LogP contribution is 2.26. The molecule has 7 heteroatoms. The first kappa shape index (κ1) is 17.5. The molecule has 0 atom stereocenters. The van der Waals surface area contributed by atoms with Crippen molar-refractivity contribution in [1.29, 1.82) is 0 Å². The number of nitrogens with one attached hydrogen (secondary N) is 1. The van der Waals surface area contributed by atoms with Crippen molar-refractivity contribution in [2.75, 3.05) is 24.5 Å². The van der Waals surface area contributed by atoms with E-state index >= 15 is 0 Å². The van der Waals surface area contributed by atoms with Crippen LogP contribution in [0.5, 0.6) is 0 Å². The number of carbonyl (C=O) groups excluding carboxylic acids is 1. The summed E-state index contributed by atoms with van der Waals surface area (Å²) in [7, 11) is 0. The molecule has 0 saturated carbocycles. The van der Waals surface area contributed by atoms with E-state index in [1.165, 1.54) is 0 Å². The van der Waals surface area contributed by atoms with Crippen LogP contribution in [-0.2, 0) is 4.79 Å². The number of amides is 1. The van der Waals surface area contributed by atoms with Crippen LogP contribution in [0.2, 0.25) is 0 Å². The molecule has 134 valence electrons. The van der Waals surface area contributed by atoms with Crippen LogP contribution in [0.15, 0.2) is 24.3 Å². The van der Waals surface area contributed by atoms with E-state index in [9.17, 15) is 13.6 Å². The van der Waals surface area contributed by atoms with Gasteiger partial charge in [0, 0.05) is 19.5 Å². The molecule has 3 rings (SSSR count). The summed E-state index contributed by atoms with van der Waals surface area (Å²) >= 11 is 0. The molecule has 1 saturated heterocycles. The number of rotatable bonds is 5. The molecule has 1 aliphatic heterocycles. The minimum absolute atomic E-state index is 0.225. The molecule has 0 unspecified atom stereocenters. The number of aryl methyl sites for hydroxylation is 1. The average Bonchev–Trinajstić information content (AvgIpc) is 2.60. The molecule has 1 fully saturated rings. The van der Waals surface area contributed by atoms with Crippen molar-refractivity contribution in [3.63, 3.8) is 0 Å². The van der Waals surface area contributed by atoms with Crippen molar-refractivity contribution in [1.82, 2.24) is 15.3 Å². The zero-order chi connectivity index (χ0) is 17.8. The highest BCUT2D eigenvalue weighted by Gasteiger charge is 2.24. The second kappa shape index (κ2) is 7.72. The summed E-state index contributed by atoms with van der Waals surface area (Å²) in [5, 5.41) is 2.28. The van der Waals surface area contributed by atoms with E-state index in [0.717, 1.165) is 48.5 Å². The van der Waals surface area contributed by atoms with Gasteiger partial charge < -0.3 is 10.2 Å². The third kappa shape index (κ3) is 4.41. The molecule has 0 bridgehead atoms. The highest BCUT2D eigenvalue weighted by atomic mass is 19.3. The highest BCUT2D eigenvalue weighted by molar-refractivity contribution is 5.77. The third-order valence-corrected chi connectivity index (χ3v) is 4.56. The molecule has 0 spiro atoms. The van der Waals surface area contributed by atoms with Gasteiger partial charge in [-0.05, 0) is 37.8 Å². The Hall–Kier alpha value is -2.31. The molecule has 1 aliphatic rings. The molecule has 0 aliphatic carbocycles. The Morgan fingerprint density at radius 2 is 1.88 bits per heavy atom. The predicted octanol–water partition coefficient (Wildman–Crippen LogP) is 2.93. The molecule has 25 heavy (non-hydrogen) atoms. The number of alkyl halides is 2. The van der Waals surface area contributed by atoms with E-state index < -0.39 is 13.0 Å². The number of anilines is 1. The van der Waals surface area contributed by atoms with Gasteiger partial charge in [-0.15, -0.1) is 0 Å². The van der Waals surface area contributed by atoms with E-state index in [1.807, 2.05) is 31.2 Å². The Bertz CT molecular complexity index is 745. The lowest BCUT2D eigenvalue weighted by Crippen LogP contribution is -2.37. The summed E-state index contributed by atoms with van der Waals surface area (Å²) < 4.78 is 24.3. The molecular formula is C18H22F2N4O. The van der Waals surface area contributed by atoms with Gasteiger partial charge in [-0.3, -0.25) is 4.79 Å². The van der Waals surface area contributed by atoms with Crippen molar-refractivity contribution >= 4 is 22.8 Å². The second-order valence-electron chi connectivity index (χ2n) is 6.45. The Morgan fingerprint density at radius 3 is 2.52 bits per heavy atom. The first-order chi connectivity index (χ1) is 12.0. The summed E-state index contributed by atoms with van der Waals surface area (Å²) in [5.74, 6) is 0.822. The number of benzene rings is 1. The lowest BCUT2D eigenvalue weighted by atomic mass is 9.93. The van der Waals surface area contributed by atoms with E-state index in [4.69, 9.17) is 4.98 Å². The molecule has 2 heterocycles. The van der Waals surface area contributed by atoms with Crippen LogP contribution in [-0.4, -0.2) is 41.9 Å². The number of carbonyl (C=O) groups is 1. The van der Waals surface area contributed by atoms with Gasteiger partial charge in [-0.1, -0.05) is 12.1 Å². The molecule has 2 aromatic rings. The fourth-order valence-corrected chi connectivity index (χ4v) is 3.25. The third-order valence-electron chi connectivity index (χ3n) is 4.56. The Labute approximate surface area is 145 Å². The molecule has 5 nitrogen and oxygen atoms in total. The van der Waals surface area contributed by atoms with Crippen LogP contribution < -0.4 is 10.2 Å². The van der Waals surface area contributed by atoms with E-state index in [1.54, 1.807) is 0 Å². The smallest absolute Gasteiger partial charge is 0.255 e. The Morgan fingerprint density at radius 1 is 1.24 bits per heavy atom. The molecule has 0 radical (unpaired) electrons. The van der Waals surface area contributed by atoms with Gasteiger partial charge in [0.15, 0.2) is 5.82 Å². The topological polar surface area (TPSA) is 58.1 Å². The molecular weight excluding hydrogens is 326 g/mol. The first-order valence-electron chi connectivity index (χ1n) is 8.56. The fraction of sp³-hybridized carbons (Fsp3) is 0.500. The van der Waals surface area contributed by atoms with Gasteiger partial charge in [0.2, 0.25) is 5.91 Å². The SMILES string of the molecule is Cc1nc2ccccc2nc1N1CCC(CC(=O)NCC(F)F)CC1. The van der Waals surface area contributed by atoms with Crippen molar-refractivity contribution in [3.05, 3.63) is 30.0 Å². The fourth-order valence-electron chi connectivity index (χ4n) is 3.25. The maximum absolute atomic E-state index is 12.1. The minimum atomic E-state index is -2.50. The Kier molecular flexibility index (Phi) is 5.40. The first-order valence-corrected chi connectivity index (χ1v) is 8.56. The maximum Gasteiger partial charge on any atom is 0.255 e. The number of hydrogen-bond donors (Lipinski definition) is 1. The molecule has 1 amide bonds. The molecule has 1 aromatic heterocycles. The van der Waals surface area contributed by atoms with Gasteiger partial charge in [-0.2, -0.15) is 0 Å². The quantitative estimate of drug-likeness (QED) is 0.903. The van der Waals surface area contributed by atoms with E-state index in [2.05, 4.69) is 15.2 Å². The van der Waals surface area contributed by atoms with Crippen molar-refractivity contribution in [2.24, 2.45) is 5.92 Å². The van der Waals surface area contributed by atoms with Gasteiger partial charge in [0.25, 0.3) is 6.43 Å². The van der Waals surface area contributed by atoms with Crippen LogP contribution in [0, 0.1) is 12.8 Å². The lowest BCUT2D eigenvalue weighted by molar-refractivity contribution is -0.122. The van der Waals surface area contributed by atoms with Gasteiger partial charge in [0.05, 0.1) is 23.3 Å². The van der Waals surface area contributed by atoms with E-state index in [0.29, 0.717) is 6.42 Å². The predicted molar refractivity (Wildman–Crippen MR) is 92.8 cm³/mol. The number of aromatic nitrogens is 2. The van der Waals surface area contributed by atoms with Crippen LogP contribution in [0.1, 0.15) is 25.0 Å². The number of halogens is 2. The summed E-state index contributed by atoms with van der Waals surface area (Å²) in [6.45, 7) is 2.98. The average molecular weight is 348 g/mol. The number of hydrogen-bond acceptors (Lipinski definition) is 4. The number of fused-ring (bicyclic) bond motifs is 1. The second-order valence-corrected chi connectivity index (χ2v) is 6.45. The number of nitrogens with zero attached hydrogens (tertiary/aromatic N) is 3. The van der Waals surface area contributed by atoms with Crippen LogP contribution in [0.3, 0.4) is 0 Å². The summed E-state index contributed by atoms with van der Waals surface area (Å²) in [6, 6.07) is 7.79. The van der Waals surface area contributed by atoms with Gasteiger partial charge in [0.1, 0.15) is 0 Å². The summed E-state index contributed by atoms with van der Waals surface area (Å²) in [4.78, 5) is 23.2. The monoisotopic (exact) mass is 348 g/mol. The normalized spacial score (nSPS) is 15.8. The van der Waals surface area contributed by atoms with Crippen molar-refractivity contribution in [2.45, 2.75) is 32.6 Å². The van der Waals surface area contributed by atoms with Gasteiger partial charge >= 0.3 is 0 Å². The lowest BCUT2D eigenvalue weighted by Gasteiger charge is -2.33. The van der Waals surface area contributed by atoms with Crippen LogP contribution >= 0.6 is 0 Å². The Balaban J connectivity index is 1.59. The number of para-hydroxylation sites is 2. The minimum Gasteiger partial charge on any atom is -0.355 e. The largest absolute Gasteiger partial charge is 0.355 e. The van der Waals surface area contributed by atoms with Crippen LogP contribution in [0.4, 0.5) is 14.6 Å². The number of piperidine rings is 1. The van der Waals surface area contributed by atoms with Crippen molar-refractivity contribution < 1.29 is 13.6 Å². The zero-order valence-electron chi connectivity index (χ0n) is 14.2. The zero-order valence-corrected chi connectivity index (χ0v) is 14.2. The summed E-state index contributed by atoms with van der Waals surface area (Å²) in [6.07, 6.45) is -0.505. The molecule has 1 N–H and O–H groups in total.